The number of hydrogen-bond acceptors (Lipinski definition) is 3. The Hall–Kier alpha value is -1.13. The summed E-state index contributed by atoms with van der Waals surface area (Å²) >= 11 is 2.01. The summed E-state index contributed by atoms with van der Waals surface area (Å²) in [6.45, 7) is 6.35. The van der Waals surface area contributed by atoms with Gasteiger partial charge in [-0.05, 0) is 63.3 Å². The molecule has 0 spiro atoms. The third-order valence-corrected chi connectivity index (χ3v) is 5.55. The van der Waals surface area contributed by atoms with E-state index in [4.69, 9.17) is 0 Å². The zero-order valence-corrected chi connectivity index (χ0v) is 13.9. The molecule has 0 aliphatic heterocycles. The van der Waals surface area contributed by atoms with Crippen LogP contribution in [0, 0.1) is 0 Å². The third-order valence-electron chi connectivity index (χ3n) is 4.24. The van der Waals surface area contributed by atoms with Crippen molar-refractivity contribution in [2.75, 3.05) is 6.54 Å². The average molecular weight is 303 g/mol. The van der Waals surface area contributed by atoms with Crippen molar-refractivity contribution in [3.05, 3.63) is 39.3 Å². The average Bonchev–Trinajstić information content (AvgIpc) is 3.14. The third kappa shape index (κ3) is 3.06. The van der Waals surface area contributed by atoms with Crippen LogP contribution in [0.3, 0.4) is 0 Å². The molecule has 1 unspecified atom stereocenters. The Balaban J connectivity index is 1.93. The number of rotatable bonds is 6. The van der Waals surface area contributed by atoms with E-state index in [0.717, 1.165) is 19.5 Å². The lowest BCUT2D eigenvalue weighted by molar-refractivity contribution is 0.534. The Kier molecular flexibility index (Phi) is 4.76. The highest BCUT2D eigenvalue weighted by molar-refractivity contribution is 7.12. The molecule has 0 amide bonds. The zero-order chi connectivity index (χ0) is 14.7. The lowest BCUT2D eigenvalue weighted by atomic mass is 9.98. The number of aromatic nitrogens is 2. The summed E-state index contributed by atoms with van der Waals surface area (Å²) in [6, 6.07) is 4.90. The van der Waals surface area contributed by atoms with Crippen molar-refractivity contribution >= 4 is 11.3 Å². The lowest BCUT2D eigenvalue weighted by Crippen LogP contribution is -2.25. The van der Waals surface area contributed by atoms with E-state index in [9.17, 15) is 0 Å². The highest BCUT2D eigenvalue weighted by Gasteiger charge is 2.22. The molecule has 0 saturated carbocycles. The van der Waals surface area contributed by atoms with Crippen LogP contribution in [-0.4, -0.2) is 16.3 Å². The summed E-state index contributed by atoms with van der Waals surface area (Å²) in [5.41, 5.74) is 2.89. The van der Waals surface area contributed by atoms with Crippen LogP contribution in [0.1, 0.15) is 60.2 Å². The van der Waals surface area contributed by atoms with Gasteiger partial charge in [-0.1, -0.05) is 6.92 Å². The molecule has 0 saturated heterocycles. The van der Waals surface area contributed by atoms with Gasteiger partial charge in [-0.3, -0.25) is 4.68 Å². The van der Waals surface area contributed by atoms with E-state index in [1.54, 1.807) is 10.4 Å². The summed E-state index contributed by atoms with van der Waals surface area (Å²) in [7, 11) is 0. The second-order valence-electron chi connectivity index (χ2n) is 5.76. The van der Waals surface area contributed by atoms with Crippen molar-refractivity contribution in [2.24, 2.45) is 0 Å². The Morgan fingerprint density at radius 1 is 1.33 bits per heavy atom. The maximum absolute atomic E-state index is 4.45. The first-order valence-electron chi connectivity index (χ1n) is 8.20. The highest BCUT2D eigenvalue weighted by Crippen LogP contribution is 2.35. The molecule has 2 heterocycles. The minimum Gasteiger partial charge on any atom is -0.304 e. The molecule has 21 heavy (non-hydrogen) atoms. The van der Waals surface area contributed by atoms with Crippen LogP contribution in [0.5, 0.6) is 0 Å². The maximum Gasteiger partial charge on any atom is 0.0842 e. The first-order valence-corrected chi connectivity index (χ1v) is 9.01. The molecule has 1 N–H and O–H groups in total. The molecule has 0 fully saturated rings. The summed E-state index contributed by atoms with van der Waals surface area (Å²) in [5.74, 6) is 0. The van der Waals surface area contributed by atoms with E-state index in [2.05, 4.69) is 41.1 Å². The molecular formula is C17H25N3S. The van der Waals surface area contributed by atoms with E-state index >= 15 is 0 Å². The predicted octanol–water partition coefficient (Wildman–Crippen LogP) is 3.93. The van der Waals surface area contributed by atoms with Crippen LogP contribution in [-0.2, 0) is 19.4 Å². The second kappa shape index (κ2) is 6.75. The largest absolute Gasteiger partial charge is 0.304 e. The van der Waals surface area contributed by atoms with Gasteiger partial charge in [0, 0.05) is 22.5 Å². The molecule has 1 aliphatic carbocycles. The molecule has 4 heteroatoms. The number of aryl methyl sites for hydroxylation is 3. The fourth-order valence-corrected chi connectivity index (χ4v) is 4.49. The molecule has 1 atom stereocenters. The molecule has 3 nitrogen and oxygen atoms in total. The quantitative estimate of drug-likeness (QED) is 0.876. The number of fused-ring (bicyclic) bond motifs is 1. The molecule has 0 aromatic carbocycles. The van der Waals surface area contributed by atoms with Gasteiger partial charge in [-0.15, -0.1) is 11.3 Å². The molecule has 2 aromatic rings. The van der Waals surface area contributed by atoms with E-state index in [1.165, 1.54) is 36.3 Å². The smallest absolute Gasteiger partial charge is 0.0842 e. The molecule has 1 aliphatic rings. The monoisotopic (exact) mass is 303 g/mol. The van der Waals surface area contributed by atoms with Crippen molar-refractivity contribution in [1.29, 1.82) is 0 Å². The van der Waals surface area contributed by atoms with Gasteiger partial charge in [0.2, 0.25) is 0 Å². The molecule has 114 valence electrons. The van der Waals surface area contributed by atoms with Gasteiger partial charge < -0.3 is 5.32 Å². The summed E-state index contributed by atoms with van der Waals surface area (Å²) in [4.78, 5) is 3.08. The number of nitrogens with zero attached hydrogens (tertiary/aromatic N) is 2. The van der Waals surface area contributed by atoms with Crippen LogP contribution in [0.2, 0.25) is 0 Å². The van der Waals surface area contributed by atoms with E-state index in [1.807, 2.05) is 17.5 Å². The Morgan fingerprint density at radius 3 is 2.95 bits per heavy atom. The van der Waals surface area contributed by atoms with Crippen LogP contribution in [0.4, 0.5) is 0 Å². The minimum atomic E-state index is 0.294. The van der Waals surface area contributed by atoms with Crippen molar-refractivity contribution in [2.45, 2.75) is 58.5 Å². The van der Waals surface area contributed by atoms with Crippen molar-refractivity contribution in [3.63, 3.8) is 0 Å². The normalized spacial score (nSPS) is 15.9. The topological polar surface area (TPSA) is 29.9 Å². The van der Waals surface area contributed by atoms with E-state index in [0.29, 0.717) is 6.04 Å². The lowest BCUT2D eigenvalue weighted by Gasteiger charge is -2.18. The van der Waals surface area contributed by atoms with Gasteiger partial charge in [0.15, 0.2) is 0 Å². The SMILES string of the molecule is CCCNC(c1cc2c(s1)CCCC2)c1ccnn1CC. The Morgan fingerprint density at radius 2 is 2.19 bits per heavy atom. The first-order chi connectivity index (χ1) is 10.3. The van der Waals surface area contributed by atoms with Crippen LogP contribution in [0.15, 0.2) is 18.3 Å². The molecule has 0 radical (unpaired) electrons. The van der Waals surface area contributed by atoms with Crippen molar-refractivity contribution < 1.29 is 0 Å². The van der Waals surface area contributed by atoms with Crippen LogP contribution < -0.4 is 5.32 Å². The number of thiophene rings is 1. The molecule has 3 rings (SSSR count). The molecule has 0 bridgehead atoms. The Labute approximate surface area is 131 Å². The molecular weight excluding hydrogens is 278 g/mol. The Bertz CT molecular complexity index is 561. The van der Waals surface area contributed by atoms with Gasteiger partial charge in [-0.25, -0.2) is 0 Å². The zero-order valence-electron chi connectivity index (χ0n) is 13.1. The minimum absolute atomic E-state index is 0.294. The fourth-order valence-electron chi connectivity index (χ4n) is 3.15. The summed E-state index contributed by atoms with van der Waals surface area (Å²) in [5, 5.41) is 8.17. The second-order valence-corrected chi connectivity index (χ2v) is 6.93. The highest BCUT2D eigenvalue weighted by atomic mass is 32.1. The maximum atomic E-state index is 4.45. The predicted molar refractivity (Wildman–Crippen MR) is 89.0 cm³/mol. The number of nitrogens with one attached hydrogen (secondary N) is 1. The van der Waals surface area contributed by atoms with Crippen molar-refractivity contribution in [3.8, 4) is 0 Å². The van der Waals surface area contributed by atoms with Gasteiger partial charge in [0.25, 0.3) is 0 Å². The first kappa shape index (κ1) is 14.8. The standard InChI is InChI=1S/C17H25N3S/c1-3-10-18-17(14-9-11-19-20(14)4-2)16-12-13-7-5-6-8-15(13)21-16/h9,11-12,17-18H,3-8,10H2,1-2H3. The van der Waals surface area contributed by atoms with Gasteiger partial charge in [0.05, 0.1) is 11.7 Å². The van der Waals surface area contributed by atoms with E-state index < -0.39 is 0 Å². The van der Waals surface area contributed by atoms with Gasteiger partial charge in [0.1, 0.15) is 0 Å². The van der Waals surface area contributed by atoms with Crippen LogP contribution in [0.25, 0.3) is 0 Å². The van der Waals surface area contributed by atoms with Crippen LogP contribution >= 0.6 is 11.3 Å². The van der Waals surface area contributed by atoms with Gasteiger partial charge >= 0.3 is 0 Å². The summed E-state index contributed by atoms with van der Waals surface area (Å²) < 4.78 is 2.12. The summed E-state index contributed by atoms with van der Waals surface area (Å²) in [6.07, 6.45) is 8.32. The van der Waals surface area contributed by atoms with Crippen molar-refractivity contribution in [1.82, 2.24) is 15.1 Å². The van der Waals surface area contributed by atoms with Gasteiger partial charge in [-0.2, -0.15) is 5.10 Å². The molecule has 2 aromatic heterocycles. The number of hydrogen-bond donors (Lipinski definition) is 1. The fraction of sp³-hybridized carbons (Fsp3) is 0.588. The van der Waals surface area contributed by atoms with E-state index in [-0.39, 0.29) is 0 Å².